The van der Waals surface area contributed by atoms with Crippen LogP contribution in [0.15, 0.2) is 36.5 Å². The zero-order valence-corrected chi connectivity index (χ0v) is 11.2. The maximum atomic E-state index is 14.1. The number of aryl methyl sites for hydroxylation is 1. The van der Waals surface area contributed by atoms with Crippen molar-refractivity contribution in [2.45, 2.75) is 6.92 Å². The van der Waals surface area contributed by atoms with Crippen LogP contribution in [-0.4, -0.2) is 10.8 Å². The molecule has 0 bridgehead atoms. The fourth-order valence-electron chi connectivity index (χ4n) is 2.43. The van der Waals surface area contributed by atoms with E-state index in [1.807, 2.05) is 0 Å². The average Bonchev–Trinajstić information content (AvgIpc) is 2.87. The van der Waals surface area contributed by atoms with Gasteiger partial charge in [0.05, 0.1) is 11.1 Å². The third-order valence-electron chi connectivity index (χ3n) is 3.42. The Morgan fingerprint density at radius 2 is 1.95 bits per heavy atom. The van der Waals surface area contributed by atoms with Crippen molar-refractivity contribution in [3.05, 3.63) is 64.9 Å². The first-order valence-corrected chi connectivity index (χ1v) is 6.35. The second kappa shape index (κ2) is 4.70. The summed E-state index contributed by atoms with van der Waals surface area (Å²) in [6.45, 7) is 1.53. The standard InChI is InChI=1S/C16H12F2N2O/c1-8-5-9(19)6-10(15(8)18)16(21)11-7-20-13-4-2-3-12(17)14(11)13/h2-7,20H,19H2,1H3. The predicted octanol–water partition coefficient (Wildman–Crippen LogP) is 3.57. The molecule has 3 rings (SSSR count). The van der Waals surface area contributed by atoms with E-state index in [1.54, 1.807) is 6.07 Å². The maximum absolute atomic E-state index is 14.1. The van der Waals surface area contributed by atoms with Gasteiger partial charge in [-0.3, -0.25) is 4.79 Å². The predicted molar refractivity (Wildman–Crippen MR) is 77.2 cm³/mol. The fraction of sp³-hybridized carbons (Fsp3) is 0.0625. The molecule has 3 N–H and O–H groups in total. The summed E-state index contributed by atoms with van der Waals surface area (Å²) in [6, 6.07) is 7.16. The lowest BCUT2D eigenvalue weighted by atomic mass is 9.99. The highest BCUT2D eigenvalue weighted by Crippen LogP contribution is 2.26. The first-order chi connectivity index (χ1) is 9.99. The number of carbonyl (C=O) groups excluding carboxylic acids is 1. The van der Waals surface area contributed by atoms with Crippen LogP contribution in [0, 0.1) is 18.6 Å². The molecular formula is C16H12F2N2O. The fourth-order valence-corrected chi connectivity index (χ4v) is 2.43. The monoisotopic (exact) mass is 286 g/mol. The van der Waals surface area contributed by atoms with E-state index in [9.17, 15) is 13.6 Å². The molecule has 0 aliphatic heterocycles. The molecule has 3 nitrogen and oxygen atoms in total. The Morgan fingerprint density at radius 1 is 1.19 bits per heavy atom. The van der Waals surface area contributed by atoms with Crippen LogP contribution in [0.25, 0.3) is 10.9 Å². The first-order valence-electron chi connectivity index (χ1n) is 6.35. The molecular weight excluding hydrogens is 274 g/mol. The van der Waals surface area contributed by atoms with Crippen LogP contribution in [-0.2, 0) is 0 Å². The van der Waals surface area contributed by atoms with Gasteiger partial charge in [0, 0.05) is 22.8 Å². The van der Waals surface area contributed by atoms with Crippen molar-refractivity contribution in [1.29, 1.82) is 0 Å². The summed E-state index contributed by atoms with van der Waals surface area (Å²) >= 11 is 0. The van der Waals surface area contributed by atoms with E-state index in [0.29, 0.717) is 5.52 Å². The number of carbonyl (C=O) groups is 1. The number of benzene rings is 2. The maximum Gasteiger partial charge on any atom is 0.198 e. The highest BCUT2D eigenvalue weighted by Gasteiger charge is 2.21. The number of nitrogen functional groups attached to an aromatic ring is 1. The van der Waals surface area contributed by atoms with Crippen molar-refractivity contribution >= 4 is 22.4 Å². The van der Waals surface area contributed by atoms with E-state index in [0.717, 1.165) is 0 Å². The van der Waals surface area contributed by atoms with Gasteiger partial charge in [-0.25, -0.2) is 8.78 Å². The van der Waals surface area contributed by atoms with E-state index in [1.165, 1.54) is 37.4 Å². The van der Waals surface area contributed by atoms with E-state index in [2.05, 4.69) is 4.98 Å². The second-order valence-electron chi connectivity index (χ2n) is 4.89. The normalized spacial score (nSPS) is 11.0. The van der Waals surface area contributed by atoms with Crippen LogP contribution in [0.4, 0.5) is 14.5 Å². The summed E-state index contributed by atoms with van der Waals surface area (Å²) in [5, 5.41) is 0.155. The van der Waals surface area contributed by atoms with Crippen LogP contribution >= 0.6 is 0 Å². The summed E-state index contributed by atoms with van der Waals surface area (Å²) in [7, 11) is 0. The molecule has 0 saturated heterocycles. The van der Waals surface area contributed by atoms with E-state index >= 15 is 0 Å². The Bertz CT molecular complexity index is 868. The lowest BCUT2D eigenvalue weighted by molar-refractivity contribution is 0.103. The van der Waals surface area contributed by atoms with Crippen LogP contribution in [0.1, 0.15) is 21.5 Å². The number of halogens is 2. The van der Waals surface area contributed by atoms with E-state index < -0.39 is 17.4 Å². The minimum atomic E-state index is -0.639. The third-order valence-corrected chi connectivity index (χ3v) is 3.42. The van der Waals surface area contributed by atoms with Crippen molar-refractivity contribution in [2.24, 2.45) is 0 Å². The summed E-state index contributed by atoms with van der Waals surface area (Å²) in [5.74, 6) is -1.77. The lowest BCUT2D eigenvalue weighted by Gasteiger charge is -2.06. The quantitative estimate of drug-likeness (QED) is 0.559. The molecule has 106 valence electrons. The number of aromatic nitrogens is 1. The number of hydrogen-bond acceptors (Lipinski definition) is 2. The Kier molecular flexibility index (Phi) is 2.97. The van der Waals surface area contributed by atoms with Crippen molar-refractivity contribution in [3.8, 4) is 0 Å². The van der Waals surface area contributed by atoms with Gasteiger partial charge >= 0.3 is 0 Å². The van der Waals surface area contributed by atoms with Crippen molar-refractivity contribution in [2.75, 3.05) is 5.73 Å². The molecule has 2 aromatic carbocycles. The average molecular weight is 286 g/mol. The number of fused-ring (bicyclic) bond motifs is 1. The molecule has 0 fully saturated rings. The van der Waals surface area contributed by atoms with Crippen LogP contribution in [0.5, 0.6) is 0 Å². The van der Waals surface area contributed by atoms with Gasteiger partial charge in [-0.15, -0.1) is 0 Å². The SMILES string of the molecule is Cc1cc(N)cc(C(=O)c2c[nH]c3cccc(F)c23)c1F. The second-order valence-corrected chi connectivity index (χ2v) is 4.89. The molecule has 1 aromatic heterocycles. The molecule has 5 heteroatoms. The summed E-state index contributed by atoms with van der Waals surface area (Å²) < 4.78 is 28.1. The molecule has 0 aliphatic rings. The Hall–Kier alpha value is -2.69. The molecule has 3 aromatic rings. The molecule has 0 amide bonds. The molecule has 0 unspecified atom stereocenters. The number of aromatic amines is 1. The highest BCUT2D eigenvalue weighted by atomic mass is 19.1. The van der Waals surface area contributed by atoms with Gasteiger partial charge in [-0.05, 0) is 36.8 Å². The van der Waals surface area contributed by atoms with Crippen LogP contribution in [0.2, 0.25) is 0 Å². The zero-order chi connectivity index (χ0) is 15.1. The van der Waals surface area contributed by atoms with Crippen molar-refractivity contribution in [3.63, 3.8) is 0 Å². The van der Waals surface area contributed by atoms with Crippen molar-refractivity contribution < 1.29 is 13.6 Å². The van der Waals surface area contributed by atoms with Crippen LogP contribution in [0.3, 0.4) is 0 Å². The first kappa shape index (κ1) is 13.3. The van der Waals surface area contributed by atoms with Gasteiger partial charge in [0.25, 0.3) is 0 Å². The number of hydrogen-bond donors (Lipinski definition) is 2. The van der Waals surface area contributed by atoms with E-state index in [-0.39, 0.29) is 27.8 Å². The molecule has 1 heterocycles. The number of H-pyrrole nitrogens is 1. The van der Waals surface area contributed by atoms with Gasteiger partial charge in [0.2, 0.25) is 0 Å². The molecule has 0 radical (unpaired) electrons. The van der Waals surface area contributed by atoms with Gasteiger partial charge in [0.15, 0.2) is 5.78 Å². The minimum Gasteiger partial charge on any atom is -0.399 e. The number of nitrogens with two attached hydrogens (primary N) is 1. The highest BCUT2D eigenvalue weighted by molar-refractivity contribution is 6.16. The largest absolute Gasteiger partial charge is 0.399 e. The lowest BCUT2D eigenvalue weighted by Crippen LogP contribution is -2.07. The third kappa shape index (κ3) is 2.07. The smallest absolute Gasteiger partial charge is 0.198 e. The van der Waals surface area contributed by atoms with Crippen LogP contribution < -0.4 is 5.73 Å². The molecule has 0 atom stereocenters. The molecule has 0 aliphatic carbocycles. The van der Waals surface area contributed by atoms with Gasteiger partial charge < -0.3 is 10.7 Å². The molecule has 0 saturated carbocycles. The topological polar surface area (TPSA) is 58.9 Å². The number of ketones is 1. The number of anilines is 1. The Balaban J connectivity index is 2.22. The number of nitrogens with one attached hydrogen (secondary N) is 1. The van der Waals surface area contributed by atoms with Crippen molar-refractivity contribution in [1.82, 2.24) is 4.98 Å². The van der Waals surface area contributed by atoms with Gasteiger partial charge in [-0.1, -0.05) is 6.07 Å². The van der Waals surface area contributed by atoms with E-state index in [4.69, 9.17) is 5.73 Å². The van der Waals surface area contributed by atoms with Gasteiger partial charge in [-0.2, -0.15) is 0 Å². The minimum absolute atomic E-state index is 0.0898. The number of rotatable bonds is 2. The molecule has 0 spiro atoms. The summed E-state index contributed by atoms with van der Waals surface area (Å²) in [4.78, 5) is 15.3. The summed E-state index contributed by atoms with van der Waals surface area (Å²) in [6.07, 6.45) is 1.38. The summed E-state index contributed by atoms with van der Waals surface area (Å²) in [5.41, 5.74) is 6.65. The Morgan fingerprint density at radius 3 is 2.71 bits per heavy atom. The van der Waals surface area contributed by atoms with Gasteiger partial charge in [0.1, 0.15) is 11.6 Å². The Labute approximate surface area is 119 Å². The zero-order valence-electron chi connectivity index (χ0n) is 11.2. The molecule has 21 heavy (non-hydrogen) atoms.